The van der Waals surface area contributed by atoms with E-state index in [9.17, 15) is 14.7 Å². The lowest BCUT2D eigenvalue weighted by atomic mass is 9.93. The van der Waals surface area contributed by atoms with E-state index in [4.69, 9.17) is 14.6 Å². The summed E-state index contributed by atoms with van der Waals surface area (Å²) in [6.07, 6.45) is 4.92. The summed E-state index contributed by atoms with van der Waals surface area (Å²) in [6.45, 7) is 4.62. The molecule has 0 saturated carbocycles. The molecule has 0 bridgehead atoms. The van der Waals surface area contributed by atoms with Crippen molar-refractivity contribution in [2.75, 3.05) is 45.7 Å². The monoisotopic (exact) mass is 646 g/mol. The first-order chi connectivity index (χ1) is 22.9. The van der Waals surface area contributed by atoms with Crippen molar-refractivity contribution in [3.05, 3.63) is 90.0 Å². The van der Waals surface area contributed by atoms with Gasteiger partial charge in [0.05, 0.1) is 19.9 Å². The van der Waals surface area contributed by atoms with Crippen LogP contribution in [0.3, 0.4) is 0 Å². The molecule has 2 fully saturated rings. The molecule has 10 heteroatoms. The maximum Gasteiger partial charge on any atom is 0.407 e. The molecule has 0 spiro atoms. The van der Waals surface area contributed by atoms with Crippen LogP contribution in [0.25, 0.3) is 0 Å². The Bertz CT molecular complexity index is 1330. The number of hydrogen-bond acceptors (Lipinski definition) is 6. The summed E-state index contributed by atoms with van der Waals surface area (Å²) in [7, 11) is 3.28. The van der Waals surface area contributed by atoms with Crippen LogP contribution in [-0.4, -0.2) is 89.6 Å². The zero-order valence-corrected chi connectivity index (χ0v) is 27.7. The molecule has 3 aromatic carbocycles. The van der Waals surface area contributed by atoms with Gasteiger partial charge in [-0.05, 0) is 74.8 Å². The maximum absolute atomic E-state index is 12.0. The van der Waals surface area contributed by atoms with E-state index >= 15 is 0 Å². The number of methoxy groups -OCH3 is 2. The van der Waals surface area contributed by atoms with Crippen LogP contribution in [0.5, 0.6) is 11.5 Å². The first kappa shape index (κ1) is 35.4. The van der Waals surface area contributed by atoms with Gasteiger partial charge in [-0.25, -0.2) is 9.59 Å². The Morgan fingerprint density at radius 1 is 0.830 bits per heavy atom. The van der Waals surface area contributed by atoms with E-state index < -0.39 is 12.2 Å². The SMILES string of the molecule is COc1ccc(NC2CCN(C(=O)O)[C@@H](CCCN(Cc3ccccc3)Cc3ccccc3)C2)c(OC)c1.O=C(O)N1CCCCC1. The van der Waals surface area contributed by atoms with Crippen LogP contribution in [0.4, 0.5) is 15.3 Å². The minimum Gasteiger partial charge on any atom is -0.497 e. The van der Waals surface area contributed by atoms with Crippen molar-refractivity contribution < 1.29 is 29.3 Å². The molecule has 0 aromatic heterocycles. The van der Waals surface area contributed by atoms with Crippen LogP contribution in [0.1, 0.15) is 56.1 Å². The van der Waals surface area contributed by atoms with Crippen molar-refractivity contribution in [2.45, 2.75) is 70.1 Å². The average Bonchev–Trinajstić information content (AvgIpc) is 3.10. The summed E-state index contributed by atoms with van der Waals surface area (Å²) in [6, 6.07) is 26.9. The normalized spacial score (nSPS) is 17.8. The third-order valence-electron chi connectivity index (χ3n) is 8.87. The molecule has 3 aromatic rings. The summed E-state index contributed by atoms with van der Waals surface area (Å²) < 4.78 is 10.9. The molecule has 10 nitrogen and oxygen atoms in total. The minimum atomic E-state index is -0.832. The van der Waals surface area contributed by atoms with E-state index in [-0.39, 0.29) is 12.1 Å². The van der Waals surface area contributed by atoms with Crippen LogP contribution in [0, 0.1) is 0 Å². The largest absolute Gasteiger partial charge is 0.497 e. The standard InChI is InChI=1S/C31H39N3O4.C6H11NO2/c1-37-28-15-16-29(30(21-28)38-2)32-26-17-19-34(31(35)36)27(20-26)14-9-18-33(22-24-10-5-3-6-11-24)23-25-12-7-4-8-13-25;8-6(9)7-4-2-1-3-5-7/h3-8,10-13,15-16,21,26-27,32H,9,14,17-20,22-23H2,1-2H3,(H,35,36);1-5H2,(H,8,9)/t26?,27-;/m0./s1. The van der Waals surface area contributed by atoms with E-state index in [0.717, 1.165) is 88.4 Å². The second-order valence-corrected chi connectivity index (χ2v) is 12.2. The van der Waals surface area contributed by atoms with E-state index in [2.05, 4.69) is 58.7 Å². The van der Waals surface area contributed by atoms with Gasteiger partial charge in [0.15, 0.2) is 0 Å². The Hall–Kier alpha value is -4.44. The van der Waals surface area contributed by atoms with Gasteiger partial charge in [0, 0.05) is 50.9 Å². The summed E-state index contributed by atoms with van der Waals surface area (Å²) in [5.74, 6) is 1.46. The number of amides is 2. The van der Waals surface area contributed by atoms with Crippen LogP contribution in [-0.2, 0) is 13.1 Å². The number of carbonyl (C=O) groups is 2. The molecular formula is C37H50N4O6. The van der Waals surface area contributed by atoms with E-state index in [1.54, 1.807) is 19.1 Å². The smallest absolute Gasteiger partial charge is 0.407 e. The Morgan fingerprint density at radius 3 is 2.00 bits per heavy atom. The summed E-state index contributed by atoms with van der Waals surface area (Å²) >= 11 is 0. The Balaban J connectivity index is 0.000000479. The molecule has 2 aliphatic heterocycles. The second kappa shape index (κ2) is 18.6. The zero-order chi connectivity index (χ0) is 33.4. The summed E-state index contributed by atoms with van der Waals surface area (Å²) in [5.41, 5.74) is 3.47. The number of rotatable bonds is 12. The molecule has 254 valence electrons. The molecule has 2 amide bonds. The van der Waals surface area contributed by atoms with E-state index in [1.165, 1.54) is 22.4 Å². The van der Waals surface area contributed by atoms with Gasteiger partial charge in [0.1, 0.15) is 11.5 Å². The van der Waals surface area contributed by atoms with Crippen molar-refractivity contribution in [2.24, 2.45) is 0 Å². The fourth-order valence-corrected chi connectivity index (χ4v) is 6.38. The predicted octanol–water partition coefficient (Wildman–Crippen LogP) is 7.26. The van der Waals surface area contributed by atoms with Crippen molar-refractivity contribution >= 4 is 17.9 Å². The summed E-state index contributed by atoms with van der Waals surface area (Å²) in [5, 5.41) is 21.9. The molecule has 2 saturated heterocycles. The number of benzene rings is 3. The number of anilines is 1. The number of nitrogens with zero attached hydrogens (tertiary/aromatic N) is 3. The van der Waals surface area contributed by atoms with Crippen LogP contribution in [0.2, 0.25) is 0 Å². The van der Waals surface area contributed by atoms with Gasteiger partial charge in [-0.15, -0.1) is 0 Å². The number of hydrogen-bond donors (Lipinski definition) is 3. The van der Waals surface area contributed by atoms with Gasteiger partial charge in [-0.3, -0.25) is 4.90 Å². The molecule has 2 aliphatic rings. The predicted molar refractivity (Wildman–Crippen MR) is 184 cm³/mol. The molecule has 0 aliphatic carbocycles. The van der Waals surface area contributed by atoms with Crippen molar-refractivity contribution in [1.82, 2.24) is 14.7 Å². The molecule has 1 unspecified atom stereocenters. The Labute approximate surface area is 278 Å². The third kappa shape index (κ3) is 11.4. The van der Waals surface area contributed by atoms with Gasteiger partial charge in [0.25, 0.3) is 0 Å². The molecule has 0 radical (unpaired) electrons. The third-order valence-corrected chi connectivity index (χ3v) is 8.87. The first-order valence-electron chi connectivity index (χ1n) is 16.6. The van der Waals surface area contributed by atoms with Gasteiger partial charge in [-0.1, -0.05) is 60.7 Å². The fourth-order valence-electron chi connectivity index (χ4n) is 6.38. The van der Waals surface area contributed by atoms with Crippen LogP contribution in [0.15, 0.2) is 78.9 Å². The molecular weight excluding hydrogens is 596 g/mol. The summed E-state index contributed by atoms with van der Waals surface area (Å²) in [4.78, 5) is 27.9. The number of nitrogens with one attached hydrogen (secondary N) is 1. The number of piperidine rings is 2. The quantitative estimate of drug-likeness (QED) is 0.188. The lowest BCUT2D eigenvalue weighted by molar-refractivity contribution is 0.0972. The van der Waals surface area contributed by atoms with Crippen molar-refractivity contribution in [3.8, 4) is 11.5 Å². The average molecular weight is 647 g/mol. The molecule has 47 heavy (non-hydrogen) atoms. The molecule has 2 atom stereocenters. The first-order valence-corrected chi connectivity index (χ1v) is 16.6. The number of ether oxygens (including phenoxy) is 2. The van der Waals surface area contributed by atoms with Gasteiger partial charge < -0.3 is 34.8 Å². The fraction of sp³-hybridized carbons (Fsp3) is 0.459. The zero-order valence-electron chi connectivity index (χ0n) is 27.7. The lowest BCUT2D eigenvalue weighted by Gasteiger charge is -2.39. The highest BCUT2D eigenvalue weighted by molar-refractivity contribution is 5.66. The van der Waals surface area contributed by atoms with Crippen LogP contribution < -0.4 is 14.8 Å². The van der Waals surface area contributed by atoms with Crippen LogP contribution >= 0.6 is 0 Å². The maximum atomic E-state index is 12.0. The highest BCUT2D eigenvalue weighted by Gasteiger charge is 2.31. The minimum absolute atomic E-state index is 0.0294. The van der Waals surface area contributed by atoms with E-state index in [1.807, 2.05) is 30.3 Å². The van der Waals surface area contributed by atoms with Gasteiger partial charge in [-0.2, -0.15) is 0 Å². The molecule has 2 heterocycles. The highest BCUT2D eigenvalue weighted by Crippen LogP contribution is 2.32. The highest BCUT2D eigenvalue weighted by atomic mass is 16.5. The second-order valence-electron chi connectivity index (χ2n) is 12.2. The molecule has 3 N–H and O–H groups in total. The van der Waals surface area contributed by atoms with Gasteiger partial charge >= 0.3 is 12.2 Å². The number of carboxylic acid groups (broad SMARTS) is 2. The van der Waals surface area contributed by atoms with E-state index in [0.29, 0.717) is 6.54 Å². The van der Waals surface area contributed by atoms with Gasteiger partial charge in [0.2, 0.25) is 0 Å². The Morgan fingerprint density at radius 2 is 1.47 bits per heavy atom. The topological polar surface area (TPSA) is 115 Å². The lowest BCUT2D eigenvalue weighted by Crippen LogP contribution is -2.49. The Kier molecular flexibility index (Phi) is 14.0. The molecule has 5 rings (SSSR count). The number of likely N-dealkylation sites (tertiary alicyclic amines) is 2. The van der Waals surface area contributed by atoms with Crippen molar-refractivity contribution in [1.29, 1.82) is 0 Å². The van der Waals surface area contributed by atoms with Crippen molar-refractivity contribution in [3.63, 3.8) is 0 Å².